The zero-order chi connectivity index (χ0) is 12.6. The molecular weight excluding hydrogens is 285 g/mol. The number of hydrogen-bond donors (Lipinski definition) is 1. The summed E-state index contributed by atoms with van der Waals surface area (Å²) in [6.07, 6.45) is 0. The highest BCUT2D eigenvalue weighted by atomic mass is 35.5. The second kappa shape index (κ2) is 4.69. The lowest BCUT2D eigenvalue weighted by Crippen LogP contribution is -1.95. The van der Waals surface area contributed by atoms with E-state index in [0.717, 1.165) is 0 Å². The first-order valence-corrected chi connectivity index (χ1v) is 5.69. The summed E-state index contributed by atoms with van der Waals surface area (Å²) in [5, 5.41) is 0.838. The Kier molecular flexibility index (Phi) is 3.43. The number of hydrogen-bond acceptors (Lipinski definition) is 2. The van der Waals surface area contributed by atoms with Gasteiger partial charge in [0.25, 0.3) is 0 Å². The molecular formula is C11H6Cl3FN2. The molecule has 0 atom stereocenters. The second-order valence-corrected chi connectivity index (χ2v) is 4.53. The van der Waals surface area contributed by atoms with Crippen LogP contribution in [0.15, 0.2) is 24.3 Å². The lowest BCUT2D eigenvalue weighted by molar-refractivity contribution is 0.628. The number of anilines is 1. The Bertz CT molecular complexity index is 587. The maximum atomic E-state index is 13.2. The highest BCUT2D eigenvalue weighted by Crippen LogP contribution is 2.35. The molecule has 1 aromatic heterocycles. The van der Waals surface area contributed by atoms with Gasteiger partial charge in [-0.3, -0.25) is 0 Å². The molecule has 0 unspecified atom stereocenters. The van der Waals surface area contributed by atoms with Gasteiger partial charge in [0.2, 0.25) is 0 Å². The molecule has 2 rings (SSSR count). The average Bonchev–Trinajstić information content (AvgIpc) is 2.27. The number of benzene rings is 1. The van der Waals surface area contributed by atoms with E-state index >= 15 is 0 Å². The molecule has 0 radical (unpaired) electrons. The smallest absolute Gasteiger partial charge is 0.143 e. The molecule has 2 nitrogen and oxygen atoms in total. The van der Waals surface area contributed by atoms with E-state index in [1.807, 2.05) is 0 Å². The Hall–Kier alpha value is -1.03. The van der Waals surface area contributed by atoms with E-state index in [0.29, 0.717) is 16.3 Å². The Morgan fingerprint density at radius 3 is 2.41 bits per heavy atom. The minimum atomic E-state index is -0.434. The van der Waals surface area contributed by atoms with Crippen LogP contribution in [0.1, 0.15) is 0 Å². The van der Waals surface area contributed by atoms with Gasteiger partial charge in [-0.2, -0.15) is 0 Å². The minimum Gasteiger partial charge on any atom is -0.382 e. The maximum absolute atomic E-state index is 13.2. The van der Waals surface area contributed by atoms with Crippen molar-refractivity contribution < 1.29 is 4.39 Å². The van der Waals surface area contributed by atoms with Crippen molar-refractivity contribution in [3.05, 3.63) is 45.2 Å². The summed E-state index contributed by atoms with van der Waals surface area (Å²) in [6, 6.07) is 5.36. The molecule has 0 fully saturated rings. The monoisotopic (exact) mass is 290 g/mol. The average molecular weight is 292 g/mol. The number of pyridine rings is 1. The number of nitrogens with zero attached hydrogens (tertiary/aromatic N) is 1. The third-order valence-electron chi connectivity index (χ3n) is 2.14. The molecule has 2 aromatic rings. The van der Waals surface area contributed by atoms with Gasteiger partial charge in [0.1, 0.15) is 11.6 Å². The first kappa shape index (κ1) is 12.4. The van der Waals surface area contributed by atoms with E-state index < -0.39 is 5.82 Å². The number of halogens is 4. The molecule has 0 spiro atoms. The van der Waals surface area contributed by atoms with Crippen LogP contribution in [-0.2, 0) is 0 Å². The fourth-order valence-electron chi connectivity index (χ4n) is 1.35. The van der Waals surface area contributed by atoms with Crippen LogP contribution in [0.5, 0.6) is 0 Å². The largest absolute Gasteiger partial charge is 0.382 e. The lowest BCUT2D eigenvalue weighted by Gasteiger charge is -2.08. The van der Waals surface area contributed by atoms with Crippen LogP contribution in [0.2, 0.25) is 15.1 Å². The van der Waals surface area contributed by atoms with E-state index in [9.17, 15) is 4.39 Å². The van der Waals surface area contributed by atoms with Crippen molar-refractivity contribution in [3.63, 3.8) is 0 Å². The summed E-state index contributed by atoms with van der Waals surface area (Å²) < 4.78 is 13.2. The molecule has 0 aliphatic heterocycles. The molecule has 0 saturated heterocycles. The molecule has 0 aliphatic rings. The summed E-state index contributed by atoms with van der Waals surface area (Å²) in [7, 11) is 0. The van der Waals surface area contributed by atoms with Crippen molar-refractivity contribution in [3.8, 4) is 11.3 Å². The van der Waals surface area contributed by atoms with Crippen molar-refractivity contribution in [1.29, 1.82) is 0 Å². The van der Waals surface area contributed by atoms with Crippen LogP contribution in [0.3, 0.4) is 0 Å². The summed E-state index contributed by atoms with van der Waals surface area (Å²) in [4.78, 5) is 4.01. The van der Waals surface area contributed by atoms with Gasteiger partial charge >= 0.3 is 0 Å². The number of nitrogen functional groups attached to an aromatic ring is 1. The highest BCUT2D eigenvalue weighted by molar-refractivity contribution is 6.38. The highest BCUT2D eigenvalue weighted by Gasteiger charge is 2.13. The maximum Gasteiger partial charge on any atom is 0.143 e. The van der Waals surface area contributed by atoms with E-state index in [1.54, 1.807) is 0 Å². The van der Waals surface area contributed by atoms with Gasteiger partial charge in [-0.15, -0.1) is 0 Å². The van der Waals surface area contributed by atoms with Crippen molar-refractivity contribution in [2.45, 2.75) is 0 Å². The minimum absolute atomic E-state index is 0.117. The van der Waals surface area contributed by atoms with Gasteiger partial charge in [-0.05, 0) is 24.3 Å². The zero-order valence-electron chi connectivity index (χ0n) is 8.35. The predicted molar refractivity (Wildman–Crippen MR) is 69.1 cm³/mol. The van der Waals surface area contributed by atoms with E-state index in [4.69, 9.17) is 40.5 Å². The van der Waals surface area contributed by atoms with E-state index in [-0.39, 0.29) is 15.9 Å². The summed E-state index contributed by atoms with van der Waals surface area (Å²) in [6.45, 7) is 0. The Balaban J connectivity index is 2.68. The van der Waals surface area contributed by atoms with Gasteiger partial charge in [-0.1, -0.05) is 34.8 Å². The van der Waals surface area contributed by atoms with Gasteiger partial charge in [0.05, 0.1) is 20.8 Å². The van der Waals surface area contributed by atoms with Gasteiger partial charge < -0.3 is 5.73 Å². The third-order valence-corrected chi connectivity index (χ3v) is 3.06. The quantitative estimate of drug-likeness (QED) is 0.844. The summed E-state index contributed by atoms with van der Waals surface area (Å²) in [5.74, 6) is -0.317. The fraction of sp³-hybridized carbons (Fsp3) is 0. The molecule has 88 valence electrons. The van der Waals surface area contributed by atoms with Gasteiger partial charge in [-0.25, -0.2) is 9.37 Å². The summed E-state index contributed by atoms with van der Waals surface area (Å²) >= 11 is 17.7. The van der Waals surface area contributed by atoms with Crippen molar-refractivity contribution in [1.82, 2.24) is 4.98 Å². The standard InChI is InChI=1S/C11H6Cl3FN2/c12-7-2-1-5(15)3-6(7)10-8(13)4-9(14)11(16)17-10/h1-4H,(H2,16,17). The molecule has 17 heavy (non-hydrogen) atoms. The Morgan fingerprint density at radius 1 is 1.00 bits per heavy atom. The van der Waals surface area contributed by atoms with Crippen LogP contribution in [0.25, 0.3) is 11.3 Å². The van der Waals surface area contributed by atoms with E-state index in [2.05, 4.69) is 4.98 Å². The van der Waals surface area contributed by atoms with Crippen LogP contribution in [0.4, 0.5) is 10.2 Å². The normalized spacial score (nSPS) is 10.6. The topological polar surface area (TPSA) is 38.9 Å². The van der Waals surface area contributed by atoms with Crippen LogP contribution in [-0.4, -0.2) is 4.98 Å². The first-order valence-electron chi connectivity index (χ1n) is 4.56. The third kappa shape index (κ3) is 2.46. The number of nitrogens with two attached hydrogens (primary N) is 1. The van der Waals surface area contributed by atoms with Crippen molar-refractivity contribution in [2.75, 3.05) is 5.73 Å². The molecule has 0 aliphatic carbocycles. The molecule has 0 bridgehead atoms. The fourth-order valence-corrected chi connectivity index (χ4v) is 2.02. The molecule has 0 saturated carbocycles. The van der Waals surface area contributed by atoms with Crippen molar-refractivity contribution in [2.24, 2.45) is 0 Å². The molecule has 2 N–H and O–H groups in total. The first-order chi connectivity index (χ1) is 7.99. The van der Waals surface area contributed by atoms with Gasteiger partial charge in [0.15, 0.2) is 0 Å². The Morgan fingerprint density at radius 2 is 1.71 bits per heavy atom. The number of aromatic nitrogens is 1. The zero-order valence-corrected chi connectivity index (χ0v) is 10.6. The SMILES string of the molecule is Nc1nc(-c2cc(F)ccc2Cl)c(Cl)cc1Cl. The number of rotatable bonds is 1. The molecule has 6 heteroatoms. The van der Waals surface area contributed by atoms with E-state index in [1.165, 1.54) is 24.3 Å². The second-order valence-electron chi connectivity index (χ2n) is 3.31. The lowest BCUT2D eigenvalue weighted by atomic mass is 10.1. The molecule has 1 aromatic carbocycles. The van der Waals surface area contributed by atoms with Crippen LogP contribution >= 0.6 is 34.8 Å². The predicted octanol–water partition coefficient (Wildman–Crippen LogP) is 4.43. The van der Waals surface area contributed by atoms with Gasteiger partial charge in [0, 0.05) is 5.56 Å². The van der Waals surface area contributed by atoms with Crippen LogP contribution in [0, 0.1) is 5.82 Å². The Labute approximate surface area is 112 Å². The molecule has 0 amide bonds. The molecule has 1 heterocycles. The van der Waals surface area contributed by atoms with Crippen molar-refractivity contribution >= 4 is 40.6 Å². The van der Waals surface area contributed by atoms with Crippen LogP contribution < -0.4 is 5.73 Å². The summed E-state index contributed by atoms with van der Waals surface area (Å²) in [5.41, 5.74) is 6.26.